The molecule has 1 heterocycles. The second-order valence-corrected chi connectivity index (χ2v) is 4.03. The number of alkyl halides is 3. The Morgan fingerprint density at radius 2 is 1.94 bits per heavy atom. The number of nitrogens with zero attached hydrogens (tertiary/aromatic N) is 2. The van der Waals surface area contributed by atoms with Gasteiger partial charge in [0.15, 0.2) is 0 Å². The fourth-order valence-electron chi connectivity index (χ4n) is 1.52. The zero-order valence-corrected chi connectivity index (χ0v) is 9.89. The Morgan fingerprint density at radius 1 is 1.41 bits per heavy atom. The van der Waals surface area contributed by atoms with Gasteiger partial charge in [0.2, 0.25) is 0 Å². The van der Waals surface area contributed by atoms with Crippen LogP contribution in [0.25, 0.3) is 0 Å². The fraction of sp³-hybridized carbons (Fsp3) is 0.600. The molecule has 3 N–H and O–H groups in total. The van der Waals surface area contributed by atoms with Gasteiger partial charge in [-0.25, -0.2) is 0 Å². The van der Waals surface area contributed by atoms with Crippen LogP contribution in [0.15, 0.2) is 0 Å². The maximum absolute atomic E-state index is 12.6. The Labute approximate surface area is 97.1 Å². The second kappa shape index (κ2) is 4.38. The number of aromatic nitrogens is 2. The summed E-state index contributed by atoms with van der Waals surface area (Å²) in [6.45, 7) is 4.78. The zero-order chi connectivity index (χ0) is 13.4. The summed E-state index contributed by atoms with van der Waals surface area (Å²) in [5, 5.41) is 11.0. The van der Waals surface area contributed by atoms with Crippen molar-refractivity contribution in [3.8, 4) is 0 Å². The lowest BCUT2D eigenvalue weighted by molar-refractivity contribution is -0.159. The Bertz CT molecular complexity index is 433. The molecule has 1 rings (SSSR count). The molecular formula is C10H15F3N4. The van der Waals surface area contributed by atoms with E-state index < -0.39 is 24.5 Å². The number of hydrogen-bond acceptors (Lipinski definition) is 2. The molecule has 17 heavy (non-hydrogen) atoms. The highest BCUT2D eigenvalue weighted by Gasteiger charge is 2.42. The summed E-state index contributed by atoms with van der Waals surface area (Å²) < 4.78 is 39.2. The number of halogens is 3. The molecule has 0 aliphatic heterocycles. The van der Waals surface area contributed by atoms with Crippen molar-refractivity contribution in [2.75, 3.05) is 0 Å². The molecule has 96 valence electrons. The van der Waals surface area contributed by atoms with Crippen molar-refractivity contribution in [2.45, 2.75) is 33.5 Å². The number of hydrogen-bond donors (Lipinski definition) is 2. The van der Waals surface area contributed by atoms with Gasteiger partial charge < -0.3 is 5.73 Å². The van der Waals surface area contributed by atoms with Gasteiger partial charge in [-0.1, -0.05) is 0 Å². The average molecular weight is 248 g/mol. The average Bonchev–Trinajstić information content (AvgIpc) is 2.40. The van der Waals surface area contributed by atoms with Crippen molar-refractivity contribution in [1.82, 2.24) is 9.78 Å². The first kappa shape index (κ1) is 13.5. The predicted molar refractivity (Wildman–Crippen MR) is 57.9 cm³/mol. The standard InChI is InChI=1S/C10H15F3N4/c1-5-6(2)16-17(7(5)3)4-8(9(14)15)10(11,12)13/h8H,4H2,1-3H3,(H3,14,15). The molecule has 0 saturated heterocycles. The molecule has 1 unspecified atom stereocenters. The van der Waals surface area contributed by atoms with Gasteiger partial charge in [0, 0.05) is 5.69 Å². The van der Waals surface area contributed by atoms with Crippen molar-refractivity contribution in [2.24, 2.45) is 11.7 Å². The van der Waals surface area contributed by atoms with E-state index in [1.165, 1.54) is 4.68 Å². The van der Waals surface area contributed by atoms with Gasteiger partial charge in [0.05, 0.1) is 12.2 Å². The highest BCUT2D eigenvalue weighted by Crippen LogP contribution is 2.28. The van der Waals surface area contributed by atoms with Crippen molar-refractivity contribution < 1.29 is 13.2 Å². The summed E-state index contributed by atoms with van der Waals surface area (Å²) >= 11 is 0. The van der Waals surface area contributed by atoms with Crippen LogP contribution in [0.3, 0.4) is 0 Å². The minimum Gasteiger partial charge on any atom is -0.387 e. The van der Waals surface area contributed by atoms with Gasteiger partial charge in [-0.2, -0.15) is 18.3 Å². The summed E-state index contributed by atoms with van der Waals surface area (Å²) in [7, 11) is 0. The Morgan fingerprint density at radius 3 is 2.24 bits per heavy atom. The molecule has 4 nitrogen and oxygen atoms in total. The van der Waals surface area contributed by atoms with Gasteiger partial charge in [-0.3, -0.25) is 10.1 Å². The predicted octanol–water partition coefficient (Wildman–Crippen LogP) is 1.92. The fourth-order valence-corrected chi connectivity index (χ4v) is 1.52. The monoisotopic (exact) mass is 248 g/mol. The van der Waals surface area contributed by atoms with Crippen LogP contribution < -0.4 is 5.73 Å². The largest absolute Gasteiger partial charge is 0.400 e. The Balaban J connectivity index is 3.03. The number of nitrogens with two attached hydrogens (primary N) is 1. The smallest absolute Gasteiger partial charge is 0.387 e. The molecule has 0 amide bonds. The first-order valence-corrected chi connectivity index (χ1v) is 5.05. The van der Waals surface area contributed by atoms with E-state index in [0.717, 1.165) is 5.56 Å². The van der Waals surface area contributed by atoms with Crippen LogP contribution >= 0.6 is 0 Å². The van der Waals surface area contributed by atoms with Gasteiger partial charge in [-0.05, 0) is 26.3 Å². The maximum Gasteiger partial charge on any atom is 0.400 e. The summed E-state index contributed by atoms with van der Waals surface area (Å²) in [6.07, 6.45) is -4.52. The highest BCUT2D eigenvalue weighted by atomic mass is 19.4. The van der Waals surface area contributed by atoms with Crippen LogP contribution in [0.4, 0.5) is 13.2 Å². The van der Waals surface area contributed by atoms with Crippen LogP contribution in [0, 0.1) is 32.1 Å². The van der Waals surface area contributed by atoms with Crippen molar-refractivity contribution in [3.05, 3.63) is 17.0 Å². The molecule has 0 fully saturated rings. The van der Waals surface area contributed by atoms with Crippen molar-refractivity contribution in [1.29, 1.82) is 5.41 Å². The third-order valence-corrected chi connectivity index (χ3v) is 2.87. The van der Waals surface area contributed by atoms with E-state index in [0.29, 0.717) is 11.4 Å². The van der Waals surface area contributed by atoms with E-state index in [1.807, 2.05) is 0 Å². The summed E-state index contributed by atoms with van der Waals surface area (Å²) in [6, 6.07) is 0. The Kier molecular flexibility index (Phi) is 3.49. The summed E-state index contributed by atoms with van der Waals surface area (Å²) in [5.41, 5.74) is 7.20. The summed E-state index contributed by atoms with van der Waals surface area (Å²) in [5.74, 6) is -2.87. The van der Waals surface area contributed by atoms with E-state index in [9.17, 15) is 13.2 Å². The van der Waals surface area contributed by atoms with Crippen LogP contribution in [0.1, 0.15) is 17.0 Å². The van der Waals surface area contributed by atoms with E-state index in [2.05, 4.69) is 5.10 Å². The molecule has 1 aromatic rings. The second-order valence-electron chi connectivity index (χ2n) is 4.03. The van der Waals surface area contributed by atoms with Crippen LogP contribution in [-0.2, 0) is 6.54 Å². The normalized spacial score (nSPS) is 13.8. The summed E-state index contributed by atoms with van der Waals surface area (Å²) in [4.78, 5) is 0. The van der Waals surface area contributed by atoms with Crippen LogP contribution in [0.5, 0.6) is 0 Å². The molecule has 0 bridgehead atoms. The van der Waals surface area contributed by atoms with Gasteiger partial charge >= 0.3 is 6.18 Å². The first-order chi connectivity index (χ1) is 7.64. The third kappa shape index (κ3) is 2.78. The topological polar surface area (TPSA) is 67.7 Å². The lowest BCUT2D eigenvalue weighted by Gasteiger charge is -2.19. The molecule has 7 heteroatoms. The number of amidine groups is 1. The van der Waals surface area contributed by atoms with Crippen LogP contribution in [0.2, 0.25) is 0 Å². The minimum absolute atomic E-state index is 0.445. The number of rotatable bonds is 3. The zero-order valence-electron chi connectivity index (χ0n) is 9.89. The SMILES string of the molecule is Cc1nn(CC(C(=N)N)C(F)(F)F)c(C)c1C. The minimum atomic E-state index is -4.52. The lowest BCUT2D eigenvalue weighted by Crippen LogP contribution is -2.38. The molecule has 0 aromatic carbocycles. The Hall–Kier alpha value is -1.53. The highest BCUT2D eigenvalue weighted by molar-refractivity contribution is 5.80. The molecular weight excluding hydrogens is 233 g/mol. The molecule has 0 saturated carbocycles. The molecule has 0 spiro atoms. The lowest BCUT2D eigenvalue weighted by atomic mass is 10.1. The molecule has 1 atom stereocenters. The van der Waals surface area contributed by atoms with Gasteiger partial charge in [0.1, 0.15) is 11.8 Å². The van der Waals surface area contributed by atoms with Crippen LogP contribution in [-0.4, -0.2) is 21.8 Å². The van der Waals surface area contributed by atoms with E-state index in [4.69, 9.17) is 11.1 Å². The molecule has 0 aliphatic carbocycles. The number of nitrogens with one attached hydrogen (secondary N) is 1. The van der Waals surface area contributed by atoms with E-state index >= 15 is 0 Å². The quantitative estimate of drug-likeness (QED) is 0.634. The molecule has 0 radical (unpaired) electrons. The molecule has 0 aliphatic rings. The van der Waals surface area contributed by atoms with Crippen molar-refractivity contribution >= 4 is 5.84 Å². The van der Waals surface area contributed by atoms with E-state index in [-0.39, 0.29) is 0 Å². The van der Waals surface area contributed by atoms with Crippen molar-refractivity contribution in [3.63, 3.8) is 0 Å². The van der Waals surface area contributed by atoms with E-state index in [1.54, 1.807) is 20.8 Å². The third-order valence-electron chi connectivity index (χ3n) is 2.87. The van der Waals surface area contributed by atoms with Gasteiger partial charge in [-0.15, -0.1) is 0 Å². The maximum atomic E-state index is 12.6. The first-order valence-electron chi connectivity index (χ1n) is 5.05. The van der Waals surface area contributed by atoms with Gasteiger partial charge in [0.25, 0.3) is 0 Å². The number of aryl methyl sites for hydroxylation is 1. The molecule has 1 aromatic heterocycles.